The minimum Gasteiger partial charge on any atom is -0.467 e. The second kappa shape index (κ2) is 7.09. The van der Waals surface area contributed by atoms with E-state index in [4.69, 9.17) is 10.2 Å². The molecule has 112 valence electrons. The molecule has 0 saturated carbocycles. The number of amides is 1. The number of rotatable bonds is 6. The zero-order valence-electron chi connectivity index (χ0n) is 12.5. The van der Waals surface area contributed by atoms with Gasteiger partial charge in [-0.05, 0) is 23.6 Å². The molecule has 0 radical (unpaired) electrons. The minimum absolute atomic E-state index is 0.0681. The predicted octanol–water partition coefficient (Wildman–Crippen LogP) is 2.86. The van der Waals surface area contributed by atoms with Crippen molar-refractivity contribution in [1.29, 1.82) is 0 Å². The Hall–Kier alpha value is -2.07. The first-order valence-corrected chi connectivity index (χ1v) is 7.21. The maximum absolute atomic E-state index is 12.2. The van der Waals surface area contributed by atoms with Gasteiger partial charge in [-0.1, -0.05) is 44.2 Å². The molecule has 2 rings (SSSR count). The molecule has 0 bridgehead atoms. The molecule has 0 aliphatic heterocycles. The minimum atomic E-state index is -0.284. The Kier molecular flexibility index (Phi) is 5.17. The number of nitrogens with one attached hydrogen (secondary N) is 1. The van der Waals surface area contributed by atoms with Crippen LogP contribution in [0.3, 0.4) is 0 Å². The fraction of sp³-hybridized carbons (Fsp3) is 0.353. The van der Waals surface area contributed by atoms with E-state index in [-0.39, 0.29) is 23.9 Å². The van der Waals surface area contributed by atoms with Crippen LogP contribution in [0.15, 0.2) is 53.1 Å². The van der Waals surface area contributed by atoms with Gasteiger partial charge in [-0.3, -0.25) is 4.79 Å². The van der Waals surface area contributed by atoms with Gasteiger partial charge in [-0.25, -0.2) is 0 Å². The third-order valence-electron chi connectivity index (χ3n) is 3.54. The number of benzene rings is 1. The molecule has 2 aromatic rings. The van der Waals surface area contributed by atoms with Crippen molar-refractivity contribution in [3.63, 3.8) is 0 Å². The fourth-order valence-corrected chi connectivity index (χ4v) is 2.09. The molecule has 3 N–H and O–H groups in total. The predicted molar refractivity (Wildman–Crippen MR) is 82.6 cm³/mol. The lowest BCUT2D eigenvalue weighted by molar-refractivity contribution is -0.122. The average Bonchev–Trinajstić information content (AvgIpc) is 2.99. The van der Waals surface area contributed by atoms with E-state index in [1.807, 2.05) is 56.3 Å². The largest absolute Gasteiger partial charge is 0.467 e. The van der Waals surface area contributed by atoms with Crippen LogP contribution < -0.4 is 11.1 Å². The van der Waals surface area contributed by atoms with Gasteiger partial charge in [0.05, 0.1) is 6.26 Å². The maximum Gasteiger partial charge on any atom is 0.222 e. The van der Waals surface area contributed by atoms with E-state index in [2.05, 4.69) is 5.32 Å². The summed E-state index contributed by atoms with van der Waals surface area (Å²) in [5.41, 5.74) is 6.95. The number of furan rings is 1. The van der Waals surface area contributed by atoms with E-state index in [0.29, 0.717) is 12.2 Å². The smallest absolute Gasteiger partial charge is 0.222 e. The van der Waals surface area contributed by atoms with E-state index >= 15 is 0 Å². The molecule has 0 spiro atoms. The Balaban J connectivity index is 2.13. The van der Waals surface area contributed by atoms with Crippen LogP contribution in [0.5, 0.6) is 0 Å². The molecule has 0 aliphatic rings. The number of hydrogen-bond donors (Lipinski definition) is 2. The van der Waals surface area contributed by atoms with Gasteiger partial charge in [0, 0.05) is 12.5 Å². The van der Waals surface area contributed by atoms with Crippen molar-refractivity contribution >= 4 is 5.91 Å². The molecule has 0 aliphatic carbocycles. The van der Waals surface area contributed by atoms with E-state index in [0.717, 1.165) is 5.56 Å². The van der Waals surface area contributed by atoms with Crippen molar-refractivity contribution in [2.75, 3.05) is 0 Å². The van der Waals surface area contributed by atoms with Gasteiger partial charge in [0.25, 0.3) is 0 Å². The Morgan fingerprint density at radius 1 is 1.19 bits per heavy atom. The first kappa shape index (κ1) is 15.3. The summed E-state index contributed by atoms with van der Waals surface area (Å²) in [6.45, 7) is 4.03. The van der Waals surface area contributed by atoms with Gasteiger partial charge in [0.2, 0.25) is 5.91 Å². The molecule has 4 nitrogen and oxygen atoms in total. The molecule has 1 aromatic carbocycles. The van der Waals surface area contributed by atoms with Crippen molar-refractivity contribution in [1.82, 2.24) is 5.32 Å². The third-order valence-corrected chi connectivity index (χ3v) is 3.54. The standard InChI is InChI=1S/C17H22N2O2/c1-12(2)14(18)11-16(20)19-17(15-9-6-10-21-15)13-7-4-3-5-8-13/h3-10,12,14,17H,11,18H2,1-2H3,(H,19,20). The maximum atomic E-state index is 12.2. The molecule has 2 unspecified atom stereocenters. The molecule has 21 heavy (non-hydrogen) atoms. The van der Waals surface area contributed by atoms with Crippen LogP contribution in [0, 0.1) is 5.92 Å². The molecule has 0 fully saturated rings. The first-order chi connectivity index (χ1) is 10.1. The van der Waals surface area contributed by atoms with E-state index in [1.165, 1.54) is 0 Å². The summed E-state index contributed by atoms with van der Waals surface area (Å²) in [5, 5.41) is 3.01. The first-order valence-electron chi connectivity index (χ1n) is 7.21. The SMILES string of the molecule is CC(C)C(N)CC(=O)NC(c1ccccc1)c1ccco1. The third kappa shape index (κ3) is 4.20. The van der Waals surface area contributed by atoms with Gasteiger partial charge in [-0.15, -0.1) is 0 Å². The van der Waals surface area contributed by atoms with Crippen LogP contribution in [-0.4, -0.2) is 11.9 Å². The van der Waals surface area contributed by atoms with Gasteiger partial charge in [0.15, 0.2) is 0 Å². The van der Waals surface area contributed by atoms with Crippen molar-refractivity contribution in [3.05, 3.63) is 60.1 Å². The highest BCUT2D eigenvalue weighted by atomic mass is 16.3. The summed E-state index contributed by atoms with van der Waals surface area (Å²) in [4.78, 5) is 12.2. The van der Waals surface area contributed by atoms with Crippen LogP contribution in [-0.2, 0) is 4.79 Å². The Bertz CT molecular complexity index is 549. The summed E-state index contributed by atoms with van der Waals surface area (Å²) in [5.74, 6) is 0.920. The van der Waals surface area contributed by atoms with Crippen molar-refractivity contribution < 1.29 is 9.21 Å². The van der Waals surface area contributed by atoms with E-state index < -0.39 is 0 Å². The van der Waals surface area contributed by atoms with E-state index in [1.54, 1.807) is 6.26 Å². The lowest BCUT2D eigenvalue weighted by Gasteiger charge is -2.20. The molecular weight excluding hydrogens is 264 g/mol. The van der Waals surface area contributed by atoms with Crippen molar-refractivity contribution in [2.45, 2.75) is 32.4 Å². The summed E-state index contributed by atoms with van der Waals surface area (Å²) in [6, 6.07) is 13.0. The highest BCUT2D eigenvalue weighted by molar-refractivity contribution is 5.77. The number of carbonyl (C=O) groups is 1. The van der Waals surface area contributed by atoms with Gasteiger partial charge >= 0.3 is 0 Å². The van der Waals surface area contributed by atoms with Crippen molar-refractivity contribution in [2.24, 2.45) is 11.7 Å². The molecule has 1 aromatic heterocycles. The Morgan fingerprint density at radius 2 is 1.90 bits per heavy atom. The van der Waals surface area contributed by atoms with Crippen LogP contribution in [0.25, 0.3) is 0 Å². The van der Waals surface area contributed by atoms with Gasteiger partial charge < -0.3 is 15.5 Å². The summed E-state index contributed by atoms with van der Waals surface area (Å²) < 4.78 is 5.46. The van der Waals surface area contributed by atoms with Gasteiger partial charge in [0.1, 0.15) is 11.8 Å². The highest BCUT2D eigenvalue weighted by Crippen LogP contribution is 2.22. The number of carbonyl (C=O) groups excluding carboxylic acids is 1. The Morgan fingerprint density at radius 3 is 2.48 bits per heavy atom. The zero-order valence-corrected chi connectivity index (χ0v) is 12.5. The molecule has 2 atom stereocenters. The van der Waals surface area contributed by atoms with Crippen molar-refractivity contribution in [3.8, 4) is 0 Å². The summed E-state index contributed by atoms with van der Waals surface area (Å²) in [7, 11) is 0. The number of hydrogen-bond acceptors (Lipinski definition) is 3. The average molecular weight is 286 g/mol. The highest BCUT2D eigenvalue weighted by Gasteiger charge is 2.21. The summed E-state index contributed by atoms with van der Waals surface area (Å²) >= 11 is 0. The number of nitrogens with two attached hydrogens (primary N) is 1. The Labute approximate surface area is 125 Å². The van der Waals surface area contributed by atoms with E-state index in [9.17, 15) is 4.79 Å². The lowest BCUT2D eigenvalue weighted by Crippen LogP contribution is -2.36. The normalized spacial score (nSPS) is 13.9. The van der Waals surface area contributed by atoms with Gasteiger partial charge in [-0.2, -0.15) is 0 Å². The lowest BCUT2D eigenvalue weighted by atomic mass is 10.0. The van der Waals surface area contributed by atoms with Crippen LogP contribution in [0.4, 0.5) is 0 Å². The fourth-order valence-electron chi connectivity index (χ4n) is 2.09. The van der Waals surface area contributed by atoms with Crippen LogP contribution in [0.2, 0.25) is 0 Å². The molecular formula is C17H22N2O2. The molecule has 4 heteroatoms. The molecule has 0 saturated heterocycles. The topological polar surface area (TPSA) is 68.3 Å². The molecule has 1 amide bonds. The quantitative estimate of drug-likeness (QED) is 0.858. The molecule has 1 heterocycles. The van der Waals surface area contributed by atoms with Crippen LogP contribution >= 0.6 is 0 Å². The monoisotopic (exact) mass is 286 g/mol. The second-order valence-corrected chi connectivity index (χ2v) is 5.54. The zero-order chi connectivity index (χ0) is 15.2. The summed E-state index contributed by atoms with van der Waals surface area (Å²) in [6.07, 6.45) is 1.92. The second-order valence-electron chi connectivity index (χ2n) is 5.54. The van der Waals surface area contributed by atoms with Crippen LogP contribution in [0.1, 0.15) is 37.6 Å².